The molecule has 4 nitrogen and oxygen atoms in total. The molecule has 114 valence electrons. The zero-order valence-corrected chi connectivity index (χ0v) is 13.3. The van der Waals surface area contributed by atoms with Gasteiger partial charge in [-0.25, -0.2) is 0 Å². The van der Waals surface area contributed by atoms with Crippen LogP contribution in [-0.2, 0) is 4.74 Å². The lowest BCUT2D eigenvalue weighted by Gasteiger charge is -2.20. The third-order valence-electron chi connectivity index (χ3n) is 2.51. The molecule has 0 fully saturated rings. The Labute approximate surface area is 122 Å². The van der Waals surface area contributed by atoms with Crippen molar-refractivity contribution in [3.63, 3.8) is 0 Å². The Morgan fingerprint density at radius 3 is 2.25 bits per heavy atom. The predicted octanol–water partition coefficient (Wildman–Crippen LogP) is 3.71. The molecule has 0 saturated carbocycles. The maximum atomic E-state index is 5.67. The van der Waals surface area contributed by atoms with Crippen LogP contribution in [0, 0.1) is 0 Å². The standard InChI is InChI=1S/C16H27NO3/c1-6-18-14-9-8-13(12-15(14)19-7-2)17-10-11-20-16(3,4)5/h8-9,12,17H,6-7,10-11H2,1-5H3. The fourth-order valence-corrected chi connectivity index (χ4v) is 1.71. The molecule has 0 heterocycles. The van der Waals surface area contributed by atoms with Gasteiger partial charge in [0.2, 0.25) is 0 Å². The third-order valence-corrected chi connectivity index (χ3v) is 2.51. The highest BCUT2D eigenvalue weighted by atomic mass is 16.5. The summed E-state index contributed by atoms with van der Waals surface area (Å²) in [4.78, 5) is 0. The van der Waals surface area contributed by atoms with Crippen LogP contribution in [0.5, 0.6) is 11.5 Å². The highest BCUT2D eigenvalue weighted by Crippen LogP contribution is 2.30. The van der Waals surface area contributed by atoms with Gasteiger partial charge in [-0.3, -0.25) is 0 Å². The molecule has 0 aromatic heterocycles. The van der Waals surface area contributed by atoms with Gasteiger partial charge in [0.25, 0.3) is 0 Å². The molecular formula is C16H27NO3. The van der Waals surface area contributed by atoms with Gasteiger partial charge in [0.1, 0.15) is 0 Å². The molecule has 0 saturated heterocycles. The SMILES string of the molecule is CCOc1ccc(NCCOC(C)(C)C)cc1OCC. The molecule has 0 amide bonds. The van der Waals surface area contributed by atoms with Crippen LogP contribution in [-0.4, -0.2) is 32.0 Å². The van der Waals surface area contributed by atoms with Crippen LogP contribution < -0.4 is 14.8 Å². The second-order valence-electron chi connectivity index (χ2n) is 5.42. The molecule has 0 atom stereocenters. The summed E-state index contributed by atoms with van der Waals surface area (Å²) in [5.74, 6) is 1.56. The number of ether oxygens (including phenoxy) is 3. The van der Waals surface area contributed by atoms with E-state index in [1.807, 2.05) is 32.0 Å². The van der Waals surface area contributed by atoms with Gasteiger partial charge in [-0.15, -0.1) is 0 Å². The third kappa shape index (κ3) is 6.15. The van der Waals surface area contributed by atoms with Crippen LogP contribution in [0.2, 0.25) is 0 Å². The van der Waals surface area contributed by atoms with E-state index in [2.05, 4.69) is 26.1 Å². The van der Waals surface area contributed by atoms with Crippen molar-refractivity contribution in [3.8, 4) is 11.5 Å². The number of hydrogen-bond donors (Lipinski definition) is 1. The smallest absolute Gasteiger partial charge is 0.163 e. The van der Waals surface area contributed by atoms with Gasteiger partial charge in [0.15, 0.2) is 11.5 Å². The van der Waals surface area contributed by atoms with Crippen molar-refractivity contribution in [2.75, 3.05) is 31.7 Å². The van der Waals surface area contributed by atoms with E-state index in [4.69, 9.17) is 14.2 Å². The number of nitrogens with one attached hydrogen (secondary N) is 1. The van der Waals surface area contributed by atoms with Crippen LogP contribution in [0.15, 0.2) is 18.2 Å². The quantitative estimate of drug-likeness (QED) is 0.737. The summed E-state index contributed by atoms with van der Waals surface area (Å²) in [7, 11) is 0. The number of anilines is 1. The minimum atomic E-state index is -0.100. The molecule has 0 aliphatic carbocycles. The summed E-state index contributed by atoms with van der Waals surface area (Å²) in [6, 6.07) is 5.89. The molecule has 1 aromatic carbocycles. The van der Waals surface area contributed by atoms with Gasteiger partial charge in [0, 0.05) is 18.3 Å². The monoisotopic (exact) mass is 281 g/mol. The van der Waals surface area contributed by atoms with Crippen molar-refractivity contribution in [1.82, 2.24) is 0 Å². The first-order chi connectivity index (χ1) is 9.46. The summed E-state index contributed by atoms with van der Waals surface area (Å²) >= 11 is 0. The first kappa shape index (κ1) is 16.6. The van der Waals surface area contributed by atoms with E-state index < -0.39 is 0 Å². The van der Waals surface area contributed by atoms with Gasteiger partial charge >= 0.3 is 0 Å². The second kappa shape index (κ2) is 8.00. The van der Waals surface area contributed by atoms with Gasteiger partial charge in [-0.2, -0.15) is 0 Å². The Hall–Kier alpha value is -1.42. The summed E-state index contributed by atoms with van der Waals surface area (Å²) in [6.45, 7) is 12.8. The van der Waals surface area contributed by atoms with Crippen molar-refractivity contribution in [3.05, 3.63) is 18.2 Å². The molecule has 0 radical (unpaired) electrons. The van der Waals surface area contributed by atoms with Crippen molar-refractivity contribution in [2.24, 2.45) is 0 Å². The van der Waals surface area contributed by atoms with E-state index in [-0.39, 0.29) is 5.60 Å². The van der Waals surface area contributed by atoms with Crippen LogP contribution in [0.4, 0.5) is 5.69 Å². The lowest BCUT2D eigenvalue weighted by molar-refractivity contribution is 0.00333. The molecule has 0 unspecified atom stereocenters. The molecule has 0 aliphatic rings. The number of benzene rings is 1. The second-order valence-corrected chi connectivity index (χ2v) is 5.42. The molecule has 0 spiro atoms. The fourth-order valence-electron chi connectivity index (χ4n) is 1.71. The average molecular weight is 281 g/mol. The fraction of sp³-hybridized carbons (Fsp3) is 0.625. The predicted molar refractivity (Wildman–Crippen MR) is 83.0 cm³/mol. The Morgan fingerprint density at radius 2 is 1.65 bits per heavy atom. The molecule has 1 aromatic rings. The lowest BCUT2D eigenvalue weighted by atomic mass is 10.2. The van der Waals surface area contributed by atoms with Gasteiger partial charge < -0.3 is 19.5 Å². The molecule has 0 aliphatic heterocycles. The van der Waals surface area contributed by atoms with Crippen molar-refractivity contribution >= 4 is 5.69 Å². The van der Waals surface area contributed by atoms with Crippen molar-refractivity contribution in [1.29, 1.82) is 0 Å². The lowest BCUT2D eigenvalue weighted by Crippen LogP contribution is -2.23. The van der Waals surface area contributed by atoms with Crippen LogP contribution in [0.1, 0.15) is 34.6 Å². The maximum Gasteiger partial charge on any atom is 0.163 e. The summed E-state index contributed by atoms with van der Waals surface area (Å²) in [5, 5.41) is 3.32. The van der Waals surface area contributed by atoms with Crippen molar-refractivity contribution < 1.29 is 14.2 Å². The normalized spacial score (nSPS) is 11.2. The highest BCUT2D eigenvalue weighted by Gasteiger charge is 2.09. The zero-order valence-electron chi connectivity index (χ0n) is 13.3. The van der Waals surface area contributed by atoms with Crippen LogP contribution >= 0.6 is 0 Å². The molecule has 20 heavy (non-hydrogen) atoms. The molecule has 0 bridgehead atoms. The van der Waals surface area contributed by atoms with Crippen molar-refractivity contribution in [2.45, 2.75) is 40.2 Å². The van der Waals surface area contributed by atoms with Crippen LogP contribution in [0.25, 0.3) is 0 Å². The minimum absolute atomic E-state index is 0.100. The Morgan fingerprint density at radius 1 is 1.00 bits per heavy atom. The summed E-state index contributed by atoms with van der Waals surface area (Å²) in [5.41, 5.74) is 0.909. The van der Waals surface area contributed by atoms with Gasteiger partial charge in [-0.05, 0) is 46.8 Å². The molecular weight excluding hydrogens is 254 g/mol. The van der Waals surface area contributed by atoms with E-state index in [0.717, 1.165) is 23.7 Å². The first-order valence-electron chi connectivity index (χ1n) is 7.23. The molecule has 4 heteroatoms. The van der Waals surface area contributed by atoms with E-state index in [1.165, 1.54) is 0 Å². The molecule has 1 N–H and O–H groups in total. The van der Waals surface area contributed by atoms with E-state index in [9.17, 15) is 0 Å². The van der Waals surface area contributed by atoms with E-state index in [0.29, 0.717) is 19.8 Å². The Kier molecular flexibility index (Phi) is 6.65. The first-order valence-corrected chi connectivity index (χ1v) is 7.23. The Balaban J connectivity index is 2.56. The molecule has 1 rings (SSSR count). The average Bonchev–Trinajstić information content (AvgIpc) is 2.37. The zero-order chi connectivity index (χ0) is 15.0. The van der Waals surface area contributed by atoms with Gasteiger partial charge in [-0.1, -0.05) is 0 Å². The van der Waals surface area contributed by atoms with Gasteiger partial charge in [0.05, 0.1) is 25.4 Å². The van der Waals surface area contributed by atoms with Crippen LogP contribution in [0.3, 0.4) is 0 Å². The Bertz CT molecular complexity index is 399. The van der Waals surface area contributed by atoms with E-state index in [1.54, 1.807) is 0 Å². The maximum absolute atomic E-state index is 5.67. The number of rotatable bonds is 8. The summed E-state index contributed by atoms with van der Waals surface area (Å²) < 4.78 is 16.8. The topological polar surface area (TPSA) is 39.7 Å². The minimum Gasteiger partial charge on any atom is -0.490 e. The largest absolute Gasteiger partial charge is 0.490 e. The van der Waals surface area contributed by atoms with E-state index >= 15 is 0 Å². The summed E-state index contributed by atoms with van der Waals surface area (Å²) in [6.07, 6.45) is 0. The highest BCUT2D eigenvalue weighted by molar-refractivity contribution is 5.54. The number of hydrogen-bond acceptors (Lipinski definition) is 4.